The van der Waals surface area contributed by atoms with Crippen LogP contribution in [0.4, 0.5) is 0 Å². The highest BCUT2D eigenvalue weighted by Crippen LogP contribution is 2.09. The van der Waals surface area contributed by atoms with E-state index in [1.807, 2.05) is 12.4 Å². The predicted molar refractivity (Wildman–Crippen MR) is 74.5 cm³/mol. The molecule has 0 bridgehead atoms. The van der Waals surface area contributed by atoms with Crippen molar-refractivity contribution in [2.45, 2.75) is 39.3 Å². The molecule has 1 aromatic carbocycles. The van der Waals surface area contributed by atoms with E-state index < -0.39 is 0 Å². The maximum absolute atomic E-state index is 6.00. The van der Waals surface area contributed by atoms with Gasteiger partial charge < -0.3 is 10.3 Å². The summed E-state index contributed by atoms with van der Waals surface area (Å²) in [6.45, 7) is 5.09. The predicted octanol–water partition coefficient (Wildman–Crippen LogP) is 2.52. The van der Waals surface area contributed by atoms with E-state index in [9.17, 15) is 0 Å². The molecule has 1 atom stereocenters. The van der Waals surface area contributed by atoms with Crippen LogP contribution in [-0.2, 0) is 13.0 Å². The lowest BCUT2D eigenvalue weighted by Crippen LogP contribution is -2.23. The number of aryl methyl sites for hydroxylation is 1. The van der Waals surface area contributed by atoms with Crippen LogP contribution in [0.1, 0.15) is 30.3 Å². The van der Waals surface area contributed by atoms with Gasteiger partial charge in [0.25, 0.3) is 0 Å². The van der Waals surface area contributed by atoms with E-state index in [4.69, 9.17) is 5.73 Å². The Bertz CT molecular complexity index is 502. The van der Waals surface area contributed by atoms with Gasteiger partial charge in [-0.05, 0) is 18.9 Å². The molecule has 0 saturated heterocycles. The van der Waals surface area contributed by atoms with Gasteiger partial charge in [0.2, 0.25) is 0 Å². The average Bonchev–Trinajstić information content (AvgIpc) is 2.76. The minimum Gasteiger partial charge on any atom is -0.330 e. The molecule has 2 rings (SSSR count). The number of hydrogen-bond acceptors (Lipinski definition) is 2. The average molecular weight is 243 g/mol. The lowest BCUT2D eigenvalue weighted by molar-refractivity contribution is 0.597. The van der Waals surface area contributed by atoms with E-state index in [1.54, 1.807) is 0 Å². The van der Waals surface area contributed by atoms with Crippen LogP contribution in [0.25, 0.3) is 0 Å². The van der Waals surface area contributed by atoms with Crippen molar-refractivity contribution >= 4 is 0 Å². The van der Waals surface area contributed by atoms with Gasteiger partial charge in [-0.25, -0.2) is 4.98 Å². The molecule has 0 spiro atoms. The fraction of sp³-hybridized carbons (Fsp3) is 0.400. The van der Waals surface area contributed by atoms with Crippen molar-refractivity contribution in [3.63, 3.8) is 0 Å². The molecular weight excluding hydrogens is 222 g/mol. The topological polar surface area (TPSA) is 43.8 Å². The first kappa shape index (κ1) is 12.8. The number of benzene rings is 1. The van der Waals surface area contributed by atoms with Crippen LogP contribution in [-0.4, -0.2) is 15.6 Å². The molecule has 3 heteroatoms. The third-order valence-corrected chi connectivity index (χ3v) is 3.21. The summed E-state index contributed by atoms with van der Waals surface area (Å²) < 4.78 is 2.18. The normalized spacial score (nSPS) is 12.6. The Morgan fingerprint density at radius 2 is 2.22 bits per heavy atom. The van der Waals surface area contributed by atoms with Gasteiger partial charge in [0.15, 0.2) is 0 Å². The van der Waals surface area contributed by atoms with Crippen LogP contribution >= 0.6 is 0 Å². The molecule has 0 amide bonds. The fourth-order valence-corrected chi connectivity index (χ4v) is 2.06. The molecule has 0 aliphatic heterocycles. The minimum atomic E-state index is 0.198. The van der Waals surface area contributed by atoms with Gasteiger partial charge in [-0.15, -0.1) is 0 Å². The van der Waals surface area contributed by atoms with Gasteiger partial charge in [0.05, 0.1) is 0 Å². The second-order valence-corrected chi connectivity index (χ2v) is 4.83. The smallest absolute Gasteiger partial charge is 0.110 e. The zero-order chi connectivity index (χ0) is 13.0. The van der Waals surface area contributed by atoms with Crippen LogP contribution in [0, 0.1) is 6.92 Å². The molecule has 2 aromatic rings. The van der Waals surface area contributed by atoms with Gasteiger partial charge >= 0.3 is 0 Å². The molecule has 0 aliphatic carbocycles. The van der Waals surface area contributed by atoms with E-state index in [-0.39, 0.29) is 6.04 Å². The maximum Gasteiger partial charge on any atom is 0.110 e. The van der Waals surface area contributed by atoms with E-state index >= 15 is 0 Å². The SMILES string of the molecule is CCC(N)Cc1nccn1Cc1cccc(C)c1. The van der Waals surface area contributed by atoms with Gasteiger partial charge in [0, 0.05) is 31.4 Å². The molecule has 0 fully saturated rings. The monoisotopic (exact) mass is 243 g/mol. The molecule has 0 radical (unpaired) electrons. The van der Waals surface area contributed by atoms with Crippen LogP contribution in [0.2, 0.25) is 0 Å². The molecule has 1 heterocycles. The fourth-order valence-electron chi connectivity index (χ4n) is 2.06. The first-order valence-corrected chi connectivity index (χ1v) is 6.50. The number of nitrogens with zero attached hydrogens (tertiary/aromatic N) is 2. The summed E-state index contributed by atoms with van der Waals surface area (Å²) in [5.74, 6) is 1.07. The van der Waals surface area contributed by atoms with Crippen LogP contribution in [0.3, 0.4) is 0 Å². The van der Waals surface area contributed by atoms with E-state index in [1.165, 1.54) is 11.1 Å². The zero-order valence-electron chi connectivity index (χ0n) is 11.1. The standard InChI is InChI=1S/C15H21N3/c1-3-14(16)10-15-17-7-8-18(15)11-13-6-4-5-12(2)9-13/h4-9,14H,3,10-11,16H2,1-2H3. The van der Waals surface area contributed by atoms with Gasteiger partial charge in [-0.1, -0.05) is 36.8 Å². The van der Waals surface area contributed by atoms with E-state index in [0.717, 1.165) is 25.2 Å². The Hall–Kier alpha value is -1.61. The van der Waals surface area contributed by atoms with Gasteiger partial charge in [0.1, 0.15) is 5.82 Å². The molecular formula is C15H21N3. The number of rotatable bonds is 5. The third-order valence-electron chi connectivity index (χ3n) is 3.21. The Morgan fingerprint density at radius 3 is 2.94 bits per heavy atom. The van der Waals surface area contributed by atoms with Gasteiger partial charge in [-0.2, -0.15) is 0 Å². The second kappa shape index (κ2) is 5.83. The van der Waals surface area contributed by atoms with Crippen molar-refractivity contribution in [3.05, 3.63) is 53.6 Å². The highest BCUT2D eigenvalue weighted by atomic mass is 15.1. The lowest BCUT2D eigenvalue weighted by Gasteiger charge is -2.11. The first-order chi connectivity index (χ1) is 8.69. The molecule has 96 valence electrons. The molecule has 2 N–H and O–H groups in total. The third kappa shape index (κ3) is 3.20. The molecule has 18 heavy (non-hydrogen) atoms. The molecule has 3 nitrogen and oxygen atoms in total. The lowest BCUT2D eigenvalue weighted by atomic mass is 10.1. The van der Waals surface area contributed by atoms with Gasteiger partial charge in [-0.3, -0.25) is 0 Å². The van der Waals surface area contributed by atoms with Crippen molar-refractivity contribution in [3.8, 4) is 0 Å². The van der Waals surface area contributed by atoms with Crippen molar-refractivity contribution in [2.75, 3.05) is 0 Å². The number of nitrogens with two attached hydrogens (primary N) is 1. The van der Waals surface area contributed by atoms with Crippen LogP contribution in [0.15, 0.2) is 36.7 Å². The van der Waals surface area contributed by atoms with Crippen molar-refractivity contribution in [1.82, 2.24) is 9.55 Å². The summed E-state index contributed by atoms with van der Waals surface area (Å²) >= 11 is 0. The summed E-state index contributed by atoms with van der Waals surface area (Å²) in [4.78, 5) is 4.41. The van der Waals surface area contributed by atoms with Crippen molar-refractivity contribution < 1.29 is 0 Å². The number of imidazole rings is 1. The van der Waals surface area contributed by atoms with Crippen molar-refractivity contribution in [1.29, 1.82) is 0 Å². The van der Waals surface area contributed by atoms with Crippen LogP contribution < -0.4 is 5.73 Å². The molecule has 0 aliphatic rings. The largest absolute Gasteiger partial charge is 0.330 e. The minimum absolute atomic E-state index is 0.198. The summed E-state index contributed by atoms with van der Waals surface area (Å²) in [5.41, 5.74) is 8.59. The maximum atomic E-state index is 6.00. The number of aromatic nitrogens is 2. The number of hydrogen-bond donors (Lipinski definition) is 1. The Labute approximate surface area is 109 Å². The highest BCUT2D eigenvalue weighted by molar-refractivity contribution is 5.22. The Kier molecular flexibility index (Phi) is 4.15. The Balaban J connectivity index is 2.12. The zero-order valence-corrected chi connectivity index (χ0v) is 11.1. The summed E-state index contributed by atoms with van der Waals surface area (Å²) in [6.07, 6.45) is 5.71. The summed E-state index contributed by atoms with van der Waals surface area (Å²) in [5, 5.41) is 0. The van der Waals surface area contributed by atoms with E-state index in [0.29, 0.717) is 0 Å². The molecule has 0 saturated carbocycles. The molecule has 1 unspecified atom stereocenters. The van der Waals surface area contributed by atoms with Crippen LogP contribution in [0.5, 0.6) is 0 Å². The highest BCUT2D eigenvalue weighted by Gasteiger charge is 2.07. The first-order valence-electron chi connectivity index (χ1n) is 6.50. The second-order valence-electron chi connectivity index (χ2n) is 4.83. The van der Waals surface area contributed by atoms with E-state index in [2.05, 4.69) is 47.7 Å². The summed E-state index contributed by atoms with van der Waals surface area (Å²) in [6, 6.07) is 8.77. The van der Waals surface area contributed by atoms with Crippen molar-refractivity contribution in [2.24, 2.45) is 5.73 Å². The quantitative estimate of drug-likeness (QED) is 0.877. The Morgan fingerprint density at radius 1 is 1.39 bits per heavy atom. The summed E-state index contributed by atoms with van der Waals surface area (Å²) in [7, 11) is 0. The molecule has 1 aromatic heterocycles.